The molecule has 0 unspecified atom stereocenters. The maximum absolute atomic E-state index is 13.6. The molecule has 0 saturated carbocycles. The molecule has 0 atom stereocenters. The highest BCUT2D eigenvalue weighted by Gasteiger charge is 2.12. The molecule has 1 nitrogen and oxygen atoms in total. The number of halogens is 1. The van der Waals surface area contributed by atoms with Crippen molar-refractivity contribution in [2.45, 2.75) is 34.1 Å². The van der Waals surface area contributed by atoms with Gasteiger partial charge in [0.05, 0.1) is 0 Å². The van der Waals surface area contributed by atoms with Gasteiger partial charge in [-0.25, -0.2) is 4.39 Å². The van der Waals surface area contributed by atoms with Gasteiger partial charge in [-0.05, 0) is 62.1 Å². The van der Waals surface area contributed by atoms with Crippen LogP contribution in [0.15, 0.2) is 30.3 Å². The van der Waals surface area contributed by atoms with Gasteiger partial charge in [-0.15, -0.1) is 0 Å². The minimum Gasteiger partial charge on any atom is -0.294 e. The highest BCUT2D eigenvalue weighted by atomic mass is 19.1. The number of ketones is 1. The van der Waals surface area contributed by atoms with E-state index in [1.807, 2.05) is 32.0 Å². The van der Waals surface area contributed by atoms with Crippen LogP contribution < -0.4 is 0 Å². The van der Waals surface area contributed by atoms with Gasteiger partial charge in [0.15, 0.2) is 5.78 Å². The predicted octanol–water partition coefficient (Wildman–Crippen LogP) is 4.48. The van der Waals surface area contributed by atoms with Gasteiger partial charge in [-0.1, -0.05) is 23.8 Å². The largest absolute Gasteiger partial charge is 0.294 e. The fourth-order valence-electron chi connectivity index (χ4n) is 2.37. The topological polar surface area (TPSA) is 17.1 Å². The van der Waals surface area contributed by atoms with Crippen LogP contribution in [0, 0.1) is 33.5 Å². The van der Waals surface area contributed by atoms with Crippen molar-refractivity contribution in [3.63, 3.8) is 0 Å². The zero-order valence-corrected chi connectivity index (χ0v) is 12.4. The second-order valence-corrected chi connectivity index (χ2v) is 5.45. The van der Waals surface area contributed by atoms with Crippen LogP contribution in [0.4, 0.5) is 4.39 Å². The lowest BCUT2D eigenvalue weighted by molar-refractivity contribution is 0.0992. The van der Waals surface area contributed by atoms with Crippen LogP contribution in [-0.2, 0) is 6.42 Å². The van der Waals surface area contributed by atoms with Crippen molar-refractivity contribution in [3.05, 3.63) is 69.5 Å². The van der Waals surface area contributed by atoms with E-state index in [1.54, 1.807) is 26.0 Å². The summed E-state index contributed by atoms with van der Waals surface area (Å²) >= 11 is 0. The van der Waals surface area contributed by atoms with E-state index >= 15 is 0 Å². The monoisotopic (exact) mass is 270 g/mol. The summed E-state index contributed by atoms with van der Waals surface area (Å²) in [4.78, 5) is 12.4. The van der Waals surface area contributed by atoms with Crippen LogP contribution in [-0.4, -0.2) is 5.78 Å². The van der Waals surface area contributed by atoms with E-state index in [4.69, 9.17) is 0 Å². The Kier molecular flexibility index (Phi) is 4.03. The highest BCUT2D eigenvalue weighted by Crippen LogP contribution is 2.18. The highest BCUT2D eigenvalue weighted by molar-refractivity contribution is 5.98. The minimum absolute atomic E-state index is 0.0323. The number of hydrogen-bond donors (Lipinski definition) is 0. The van der Waals surface area contributed by atoms with Gasteiger partial charge in [0.25, 0.3) is 0 Å². The molecule has 0 saturated heterocycles. The van der Waals surface area contributed by atoms with Crippen LogP contribution >= 0.6 is 0 Å². The van der Waals surface area contributed by atoms with Crippen molar-refractivity contribution in [2.24, 2.45) is 0 Å². The third-order valence-corrected chi connectivity index (χ3v) is 3.61. The van der Waals surface area contributed by atoms with Crippen molar-refractivity contribution in [1.82, 2.24) is 0 Å². The van der Waals surface area contributed by atoms with Crippen molar-refractivity contribution in [2.75, 3.05) is 0 Å². The average molecular weight is 270 g/mol. The van der Waals surface area contributed by atoms with Gasteiger partial charge in [0, 0.05) is 12.0 Å². The molecule has 2 heteroatoms. The number of rotatable bonds is 3. The van der Waals surface area contributed by atoms with Crippen LogP contribution in [0.2, 0.25) is 0 Å². The molecule has 2 aromatic carbocycles. The molecule has 0 aliphatic carbocycles. The number of hydrogen-bond acceptors (Lipinski definition) is 1. The molecule has 104 valence electrons. The molecule has 2 rings (SSSR count). The first kappa shape index (κ1) is 14.4. The van der Waals surface area contributed by atoms with Gasteiger partial charge < -0.3 is 0 Å². The van der Waals surface area contributed by atoms with E-state index in [9.17, 15) is 9.18 Å². The fraction of sp³-hybridized carbons (Fsp3) is 0.278. The molecule has 0 fully saturated rings. The zero-order chi connectivity index (χ0) is 14.9. The summed E-state index contributed by atoms with van der Waals surface area (Å²) in [5.41, 5.74) is 4.92. The number of carbonyl (C=O) groups excluding carboxylic acids is 1. The average Bonchev–Trinajstić information content (AvgIpc) is 2.39. The van der Waals surface area contributed by atoms with E-state index in [2.05, 4.69) is 0 Å². The van der Waals surface area contributed by atoms with Crippen molar-refractivity contribution in [3.8, 4) is 0 Å². The zero-order valence-electron chi connectivity index (χ0n) is 12.4. The van der Waals surface area contributed by atoms with Crippen LogP contribution in [0.1, 0.15) is 38.2 Å². The second-order valence-electron chi connectivity index (χ2n) is 5.45. The number of Topliss-reactive ketones (excluding diaryl/α,β-unsaturated/α-hetero) is 1. The molecular weight excluding hydrogens is 251 g/mol. The SMILES string of the molecule is Cc1ccc(C)c(CC(=O)c2cc(C)c(F)c(C)c2)c1. The summed E-state index contributed by atoms with van der Waals surface area (Å²) in [6.45, 7) is 7.40. The van der Waals surface area contributed by atoms with Crippen LogP contribution in [0.3, 0.4) is 0 Å². The molecule has 0 aliphatic heterocycles. The maximum atomic E-state index is 13.6. The smallest absolute Gasteiger partial charge is 0.167 e. The molecule has 0 bridgehead atoms. The number of benzene rings is 2. The molecule has 0 radical (unpaired) electrons. The summed E-state index contributed by atoms with van der Waals surface area (Å²) in [5, 5.41) is 0. The summed E-state index contributed by atoms with van der Waals surface area (Å²) < 4.78 is 13.6. The van der Waals surface area contributed by atoms with Crippen molar-refractivity contribution < 1.29 is 9.18 Å². The Labute approximate surface area is 119 Å². The standard InChI is InChI=1S/C18H19FO/c1-11-5-6-12(2)15(7-11)10-17(20)16-8-13(3)18(19)14(4)9-16/h5-9H,10H2,1-4H3. The van der Waals surface area contributed by atoms with Crippen molar-refractivity contribution >= 4 is 5.78 Å². The van der Waals surface area contributed by atoms with E-state index < -0.39 is 0 Å². The Morgan fingerprint density at radius 2 is 1.55 bits per heavy atom. The van der Waals surface area contributed by atoms with Crippen LogP contribution in [0.5, 0.6) is 0 Å². The Hall–Kier alpha value is -1.96. The fourth-order valence-corrected chi connectivity index (χ4v) is 2.37. The normalized spacial score (nSPS) is 10.7. The first-order valence-corrected chi connectivity index (χ1v) is 6.74. The maximum Gasteiger partial charge on any atom is 0.167 e. The summed E-state index contributed by atoms with van der Waals surface area (Å²) in [5.74, 6) is -0.196. The third kappa shape index (κ3) is 2.96. The molecule has 0 heterocycles. The van der Waals surface area contributed by atoms with Gasteiger partial charge in [-0.2, -0.15) is 0 Å². The molecular formula is C18H19FO. The quantitative estimate of drug-likeness (QED) is 0.751. The predicted molar refractivity (Wildman–Crippen MR) is 79.8 cm³/mol. The van der Waals surface area contributed by atoms with E-state index in [0.29, 0.717) is 23.1 Å². The molecule has 0 spiro atoms. The minimum atomic E-state index is -0.228. The summed E-state index contributed by atoms with van der Waals surface area (Å²) in [7, 11) is 0. The van der Waals surface area contributed by atoms with E-state index in [1.165, 1.54) is 0 Å². The molecule has 0 N–H and O–H groups in total. The summed E-state index contributed by atoms with van der Waals surface area (Å²) in [6, 6.07) is 9.37. The lowest BCUT2D eigenvalue weighted by Gasteiger charge is -2.09. The number of aryl methyl sites for hydroxylation is 4. The Balaban J connectivity index is 2.31. The lowest BCUT2D eigenvalue weighted by atomic mass is 9.96. The lowest BCUT2D eigenvalue weighted by Crippen LogP contribution is -2.07. The van der Waals surface area contributed by atoms with E-state index in [0.717, 1.165) is 16.7 Å². The Morgan fingerprint density at radius 1 is 0.950 bits per heavy atom. The van der Waals surface area contributed by atoms with Gasteiger partial charge in [0.2, 0.25) is 0 Å². The molecule has 20 heavy (non-hydrogen) atoms. The Bertz CT molecular complexity index is 648. The molecule has 0 amide bonds. The van der Waals surface area contributed by atoms with Crippen molar-refractivity contribution in [1.29, 1.82) is 0 Å². The van der Waals surface area contributed by atoms with Crippen LogP contribution in [0.25, 0.3) is 0 Å². The second kappa shape index (κ2) is 5.58. The van der Waals surface area contributed by atoms with Gasteiger partial charge in [-0.3, -0.25) is 4.79 Å². The first-order valence-electron chi connectivity index (χ1n) is 6.74. The van der Waals surface area contributed by atoms with Gasteiger partial charge >= 0.3 is 0 Å². The first-order chi connectivity index (χ1) is 9.38. The van der Waals surface area contributed by atoms with E-state index in [-0.39, 0.29) is 11.6 Å². The number of carbonyl (C=O) groups is 1. The van der Waals surface area contributed by atoms with Gasteiger partial charge in [0.1, 0.15) is 5.82 Å². The summed E-state index contributed by atoms with van der Waals surface area (Å²) in [6.07, 6.45) is 0.359. The Morgan fingerprint density at radius 3 is 2.15 bits per heavy atom. The third-order valence-electron chi connectivity index (χ3n) is 3.61. The molecule has 0 aliphatic rings. The molecule has 2 aromatic rings. The molecule has 0 aromatic heterocycles.